The molecule has 0 radical (unpaired) electrons. The number of nitrogens with zero attached hydrogens (tertiary/aromatic N) is 3. The van der Waals surface area contributed by atoms with Crippen LogP contribution in [0.5, 0.6) is 0 Å². The normalized spacial score (nSPS) is 15.6. The van der Waals surface area contributed by atoms with Crippen molar-refractivity contribution in [1.82, 2.24) is 9.55 Å². The van der Waals surface area contributed by atoms with Crippen LogP contribution in [0, 0.1) is 0 Å². The van der Waals surface area contributed by atoms with Gasteiger partial charge in [-0.25, -0.2) is 9.78 Å². The monoisotopic (exact) mass is 528 g/mol. The molecule has 13 heteroatoms. The number of piperidine rings is 1. The van der Waals surface area contributed by atoms with Crippen LogP contribution in [0.4, 0.5) is 38.0 Å². The van der Waals surface area contributed by atoms with Gasteiger partial charge in [-0.05, 0) is 43.5 Å². The SMILES string of the molecule is Cn1c(N2CCCCC2)nc2c([C@H](Nc3ccccc3C(=O)O)C(F)(F)F)cc(C(F)(F)F)cc2c1=O. The number of nitrogens with one attached hydrogen (secondary N) is 1. The fraction of sp³-hybridized carbons (Fsp3) is 0.375. The Bertz CT molecular complexity index is 1390. The smallest absolute Gasteiger partial charge is 0.416 e. The Hall–Kier alpha value is -3.77. The van der Waals surface area contributed by atoms with E-state index >= 15 is 0 Å². The summed E-state index contributed by atoms with van der Waals surface area (Å²) >= 11 is 0. The van der Waals surface area contributed by atoms with Crippen LogP contribution in [0.25, 0.3) is 10.9 Å². The van der Waals surface area contributed by atoms with E-state index < -0.39 is 63.2 Å². The third-order valence-electron chi connectivity index (χ3n) is 6.25. The Balaban J connectivity index is 2.01. The first-order chi connectivity index (χ1) is 17.3. The van der Waals surface area contributed by atoms with Crippen molar-refractivity contribution in [3.8, 4) is 0 Å². The Morgan fingerprint density at radius 2 is 1.70 bits per heavy atom. The number of aromatic carboxylic acids is 1. The fourth-order valence-corrected chi connectivity index (χ4v) is 4.44. The molecule has 0 unspecified atom stereocenters. The maximum Gasteiger partial charge on any atom is 0.416 e. The predicted octanol–water partition coefficient (Wildman–Crippen LogP) is 5.36. The van der Waals surface area contributed by atoms with E-state index in [1.54, 1.807) is 4.90 Å². The van der Waals surface area contributed by atoms with Gasteiger partial charge >= 0.3 is 18.3 Å². The number of rotatable bonds is 5. The minimum absolute atomic E-state index is 0.0464. The van der Waals surface area contributed by atoms with Crippen molar-refractivity contribution in [2.75, 3.05) is 23.3 Å². The molecule has 0 spiro atoms. The van der Waals surface area contributed by atoms with Crippen molar-refractivity contribution >= 4 is 28.5 Å². The molecular formula is C24H22F6N4O3. The molecular weight excluding hydrogens is 506 g/mol. The van der Waals surface area contributed by atoms with Crippen molar-refractivity contribution in [1.29, 1.82) is 0 Å². The fourth-order valence-electron chi connectivity index (χ4n) is 4.44. The van der Waals surface area contributed by atoms with Crippen molar-refractivity contribution in [2.24, 2.45) is 7.05 Å². The van der Waals surface area contributed by atoms with Gasteiger partial charge in [0.15, 0.2) is 6.04 Å². The van der Waals surface area contributed by atoms with Crippen molar-refractivity contribution in [2.45, 2.75) is 37.7 Å². The molecule has 0 saturated carbocycles. The van der Waals surface area contributed by atoms with Gasteiger partial charge in [0.2, 0.25) is 5.95 Å². The number of anilines is 2. The molecule has 0 bridgehead atoms. The lowest BCUT2D eigenvalue weighted by atomic mass is 9.98. The van der Waals surface area contributed by atoms with Crippen LogP contribution in [-0.4, -0.2) is 39.9 Å². The quantitative estimate of drug-likeness (QED) is 0.434. The number of carbonyl (C=O) groups is 1. The number of hydrogen-bond acceptors (Lipinski definition) is 5. The van der Waals surface area contributed by atoms with Gasteiger partial charge in [-0.1, -0.05) is 12.1 Å². The predicted molar refractivity (Wildman–Crippen MR) is 124 cm³/mol. The lowest BCUT2D eigenvalue weighted by Crippen LogP contribution is -2.36. The molecule has 0 aliphatic carbocycles. The number of para-hydroxylation sites is 1. The van der Waals surface area contributed by atoms with E-state index in [9.17, 15) is 41.0 Å². The van der Waals surface area contributed by atoms with Crippen LogP contribution in [-0.2, 0) is 13.2 Å². The molecule has 1 aromatic heterocycles. The number of halogens is 6. The molecule has 1 atom stereocenters. The second-order valence-corrected chi connectivity index (χ2v) is 8.75. The van der Waals surface area contributed by atoms with Crippen LogP contribution < -0.4 is 15.8 Å². The molecule has 1 saturated heterocycles. The minimum atomic E-state index is -5.18. The molecule has 1 aliphatic rings. The molecule has 0 amide bonds. The number of carboxylic acids is 1. The molecule has 37 heavy (non-hydrogen) atoms. The van der Waals surface area contributed by atoms with Gasteiger partial charge in [0.05, 0.1) is 22.0 Å². The van der Waals surface area contributed by atoms with Crippen LogP contribution in [0.2, 0.25) is 0 Å². The Morgan fingerprint density at radius 1 is 1.05 bits per heavy atom. The number of benzene rings is 2. The summed E-state index contributed by atoms with van der Waals surface area (Å²) in [6.07, 6.45) is -7.81. The lowest BCUT2D eigenvalue weighted by Gasteiger charge is -2.30. The average Bonchev–Trinajstić information content (AvgIpc) is 2.83. The maximum atomic E-state index is 14.4. The minimum Gasteiger partial charge on any atom is -0.478 e. The average molecular weight is 528 g/mol. The molecule has 2 aromatic carbocycles. The van der Waals surface area contributed by atoms with Crippen molar-refractivity contribution in [3.63, 3.8) is 0 Å². The molecule has 2 N–H and O–H groups in total. The molecule has 3 aromatic rings. The summed E-state index contributed by atoms with van der Waals surface area (Å²) in [6.45, 7) is 0.962. The number of hydrogen-bond donors (Lipinski definition) is 2. The van der Waals surface area contributed by atoms with Gasteiger partial charge < -0.3 is 15.3 Å². The molecule has 1 fully saturated rings. The number of fused-ring (bicyclic) bond motifs is 1. The third-order valence-corrected chi connectivity index (χ3v) is 6.25. The Labute approximate surface area is 206 Å². The Morgan fingerprint density at radius 3 is 2.30 bits per heavy atom. The number of aromatic nitrogens is 2. The third kappa shape index (κ3) is 5.20. The highest BCUT2D eigenvalue weighted by atomic mass is 19.4. The second-order valence-electron chi connectivity index (χ2n) is 8.75. The topological polar surface area (TPSA) is 87.5 Å². The van der Waals surface area contributed by atoms with Gasteiger partial charge in [0, 0.05) is 31.4 Å². The van der Waals surface area contributed by atoms with Gasteiger partial charge in [0.25, 0.3) is 5.56 Å². The van der Waals surface area contributed by atoms with Gasteiger partial charge in [-0.3, -0.25) is 9.36 Å². The van der Waals surface area contributed by atoms with E-state index in [2.05, 4.69) is 10.3 Å². The first-order valence-corrected chi connectivity index (χ1v) is 11.3. The summed E-state index contributed by atoms with van der Waals surface area (Å²) in [5.74, 6) is -1.48. The second kappa shape index (κ2) is 9.60. The largest absolute Gasteiger partial charge is 0.478 e. The van der Waals surface area contributed by atoms with Gasteiger partial charge in [-0.2, -0.15) is 26.3 Å². The lowest BCUT2D eigenvalue weighted by molar-refractivity contribution is -0.145. The molecule has 198 valence electrons. The van der Waals surface area contributed by atoms with E-state index in [0.29, 0.717) is 25.2 Å². The summed E-state index contributed by atoms with van der Waals surface area (Å²) in [6, 6.07) is 2.72. The van der Waals surface area contributed by atoms with Crippen LogP contribution >= 0.6 is 0 Å². The summed E-state index contributed by atoms with van der Waals surface area (Å²) < 4.78 is 85.5. The zero-order valence-corrected chi connectivity index (χ0v) is 19.5. The highest BCUT2D eigenvalue weighted by Gasteiger charge is 2.44. The summed E-state index contributed by atoms with van der Waals surface area (Å²) in [7, 11) is 1.31. The van der Waals surface area contributed by atoms with E-state index in [-0.39, 0.29) is 5.95 Å². The van der Waals surface area contributed by atoms with Gasteiger partial charge in [-0.15, -0.1) is 0 Å². The van der Waals surface area contributed by atoms with E-state index in [1.165, 1.54) is 19.2 Å². The van der Waals surface area contributed by atoms with Crippen molar-refractivity contribution < 1.29 is 36.2 Å². The molecule has 4 rings (SSSR count). The zero-order chi connectivity index (χ0) is 27.1. The molecule has 1 aliphatic heterocycles. The zero-order valence-electron chi connectivity index (χ0n) is 19.5. The Kier molecular flexibility index (Phi) is 6.82. The first-order valence-electron chi connectivity index (χ1n) is 11.3. The molecule has 2 heterocycles. The highest BCUT2D eigenvalue weighted by molar-refractivity contribution is 5.94. The maximum absolute atomic E-state index is 14.4. The van der Waals surface area contributed by atoms with Crippen LogP contribution in [0.15, 0.2) is 41.2 Å². The van der Waals surface area contributed by atoms with E-state index in [0.717, 1.165) is 36.0 Å². The van der Waals surface area contributed by atoms with E-state index in [1.807, 2.05) is 0 Å². The van der Waals surface area contributed by atoms with Crippen molar-refractivity contribution in [3.05, 3.63) is 63.4 Å². The van der Waals surface area contributed by atoms with E-state index in [4.69, 9.17) is 0 Å². The molecule has 7 nitrogen and oxygen atoms in total. The highest BCUT2D eigenvalue weighted by Crippen LogP contribution is 2.42. The first kappa shape index (κ1) is 26.3. The standard InChI is InChI=1S/C24H22F6N4O3/c1-33-20(35)16-12-13(23(25,26)27)11-15(18(16)32-22(33)34-9-5-2-6-10-34)19(24(28,29)30)31-17-8-4-3-7-14(17)21(36)37/h3-4,7-8,11-12,19,31H,2,5-6,9-10H2,1H3,(H,36,37)/t19-/m0/s1. The van der Waals surface area contributed by atoms with Crippen LogP contribution in [0.3, 0.4) is 0 Å². The number of alkyl halides is 6. The van der Waals surface area contributed by atoms with Crippen LogP contribution in [0.1, 0.15) is 46.8 Å². The number of carboxylic acid groups (broad SMARTS) is 1. The summed E-state index contributed by atoms with van der Waals surface area (Å²) in [5, 5.41) is 10.8. The summed E-state index contributed by atoms with van der Waals surface area (Å²) in [5.41, 5.74) is -4.83. The van der Waals surface area contributed by atoms with Gasteiger partial charge in [0.1, 0.15) is 0 Å². The summed E-state index contributed by atoms with van der Waals surface area (Å²) in [4.78, 5) is 30.7.